The van der Waals surface area contributed by atoms with Gasteiger partial charge in [0.1, 0.15) is 17.1 Å². The number of hydrogen-bond donors (Lipinski definition) is 0. The predicted octanol–water partition coefficient (Wildman–Crippen LogP) is 5.20. The average Bonchev–Trinajstić information content (AvgIpc) is 2.44. The Morgan fingerprint density at radius 1 is 1.00 bits per heavy atom. The molecule has 1 unspecified atom stereocenters. The third-order valence-electron chi connectivity index (χ3n) is 4.94. The second-order valence-corrected chi connectivity index (χ2v) is 7.99. The van der Waals surface area contributed by atoms with Crippen LogP contribution >= 0.6 is 0 Å². The molecule has 1 aliphatic rings. The molecule has 1 atom stereocenters. The number of fused-ring (bicyclic) bond motifs is 1. The minimum atomic E-state index is -0.567. The van der Waals surface area contributed by atoms with Gasteiger partial charge >= 0.3 is 5.97 Å². The Hall–Kier alpha value is -2.29. The lowest BCUT2D eigenvalue weighted by atomic mass is 9.71. The van der Waals surface area contributed by atoms with Crippen molar-refractivity contribution in [2.45, 2.75) is 59.0 Å². The number of esters is 1. The molecule has 3 rings (SSSR count). The number of aryl methyl sites for hydroxylation is 2. The van der Waals surface area contributed by atoms with Crippen molar-refractivity contribution in [2.75, 3.05) is 0 Å². The van der Waals surface area contributed by atoms with Crippen molar-refractivity contribution >= 4 is 5.97 Å². The van der Waals surface area contributed by atoms with Crippen molar-refractivity contribution in [3.05, 3.63) is 58.7 Å². The Bertz CT molecular complexity index is 835. The zero-order chi connectivity index (χ0) is 18.4. The molecule has 0 bridgehead atoms. The van der Waals surface area contributed by atoms with E-state index in [1.165, 1.54) is 18.1 Å². The molecule has 0 fully saturated rings. The van der Waals surface area contributed by atoms with Crippen molar-refractivity contribution in [2.24, 2.45) is 0 Å². The molecular formula is C22H26O3. The first-order chi connectivity index (χ1) is 11.6. The molecule has 2 aromatic rings. The summed E-state index contributed by atoms with van der Waals surface area (Å²) in [4.78, 5) is 11.6. The van der Waals surface area contributed by atoms with E-state index in [0.717, 1.165) is 23.3 Å². The molecule has 0 aliphatic carbocycles. The monoisotopic (exact) mass is 338 g/mol. The summed E-state index contributed by atoms with van der Waals surface area (Å²) < 4.78 is 12.0. The minimum Gasteiger partial charge on any atom is -0.482 e. The molecule has 2 aromatic carbocycles. The molecular weight excluding hydrogens is 312 g/mol. The smallest absolute Gasteiger partial charge is 0.308 e. The summed E-state index contributed by atoms with van der Waals surface area (Å²) in [7, 11) is 0. The van der Waals surface area contributed by atoms with E-state index in [1.807, 2.05) is 25.1 Å². The molecule has 0 saturated heterocycles. The maximum atomic E-state index is 11.6. The standard InChI is InChI=1S/C22H26O3/c1-14-8-10-18(19(11-14)24-16(3)23)22(6)13-21(4,5)17-9-7-15(2)12-20(17)25-22/h7-12H,13H2,1-6H3. The first-order valence-electron chi connectivity index (χ1n) is 8.70. The van der Waals surface area contributed by atoms with Crippen molar-refractivity contribution in [3.63, 3.8) is 0 Å². The van der Waals surface area contributed by atoms with Gasteiger partial charge in [-0.05, 0) is 55.0 Å². The Morgan fingerprint density at radius 2 is 1.60 bits per heavy atom. The van der Waals surface area contributed by atoms with E-state index < -0.39 is 5.60 Å². The van der Waals surface area contributed by atoms with Crippen LogP contribution < -0.4 is 9.47 Å². The van der Waals surface area contributed by atoms with E-state index in [2.05, 4.69) is 45.9 Å². The molecule has 3 heteroatoms. The fraction of sp³-hybridized carbons (Fsp3) is 0.409. The SMILES string of the molecule is CC(=O)Oc1cc(C)ccc1C1(C)CC(C)(C)c2ccc(C)cc2O1. The Morgan fingerprint density at radius 3 is 2.24 bits per heavy atom. The van der Waals surface area contributed by atoms with E-state index in [-0.39, 0.29) is 11.4 Å². The summed E-state index contributed by atoms with van der Waals surface area (Å²) in [5.41, 5.74) is 3.74. The lowest BCUT2D eigenvalue weighted by Crippen LogP contribution is -2.42. The van der Waals surface area contributed by atoms with E-state index in [4.69, 9.17) is 9.47 Å². The average molecular weight is 338 g/mol. The lowest BCUT2D eigenvalue weighted by Gasteiger charge is -2.45. The van der Waals surface area contributed by atoms with Crippen LogP contribution in [0.3, 0.4) is 0 Å². The zero-order valence-electron chi connectivity index (χ0n) is 15.9. The quantitative estimate of drug-likeness (QED) is 0.557. The fourth-order valence-electron chi connectivity index (χ4n) is 3.95. The molecule has 0 spiro atoms. The van der Waals surface area contributed by atoms with Gasteiger partial charge in [-0.2, -0.15) is 0 Å². The van der Waals surface area contributed by atoms with Crippen LogP contribution in [0.25, 0.3) is 0 Å². The highest BCUT2D eigenvalue weighted by Crippen LogP contribution is 2.50. The number of ether oxygens (including phenoxy) is 2. The molecule has 3 nitrogen and oxygen atoms in total. The third-order valence-corrected chi connectivity index (χ3v) is 4.94. The summed E-state index contributed by atoms with van der Waals surface area (Å²) in [5, 5.41) is 0. The predicted molar refractivity (Wildman–Crippen MR) is 99.3 cm³/mol. The Labute approximate surface area is 150 Å². The highest BCUT2D eigenvalue weighted by molar-refractivity contribution is 5.70. The first-order valence-corrected chi connectivity index (χ1v) is 8.70. The van der Waals surface area contributed by atoms with Gasteiger partial charge in [-0.25, -0.2) is 0 Å². The number of carbonyl (C=O) groups excluding carboxylic acids is 1. The van der Waals surface area contributed by atoms with Crippen molar-refractivity contribution < 1.29 is 14.3 Å². The number of carbonyl (C=O) groups is 1. The molecule has 0 amide bonds. The highest BCUT2D eigenvalue weighted by atomic mass is 16.5. The molecule has 1 heterocycles. The van der Waals surface area contributed by atoms with Gasteiger partial charge in [0, 0.05) is 18.9 Å². The molecule has 0 N–H and O–H groups in total. The maximum absolute atomic E-state index is 11.6. The highest BCUT2D eigenvalue weighted by Gasteiger charge is 2.44. The number of hydrogen-bond acceptors (Lipinski definition) is 3. The van der Waals surface area contributed by atoms with Crippen LogP contribution in [0.4, 0.5) is 0 Å². The topological polar surface area (TPSA) is 35.5 Å². The summed E-state index contributed by atoms with van der Waals surface area (Å²) in [6, 6.07) is 12.3. The largest absolute Gasteiger partial charge is 0.482 e. The second-order valence-electron chi connectivity index (χ2n) is 7.99. The van der Waals surface area contributed by atoms with E-state index in [1.54, 1.807) is 0 Å². The lowest BCUT2D eigenvalue weighted by molar-refractivity contribution is -0.132. The molecule has 1 aliphatic heterocycles. The fourth-order valence-corrected chi connectivity index (χ4v) is 3.95. The molecule has 0 saturated carbocycles. The van der Waals surface area contributed by atoms with Crippen LogP contribution in [-0.4, -0.2) is 5.97 Å². The van der Waals surface area contributed by atoms with Gasteiger partial charge in [-0.1, -0.05) is 38.1 Å². The Balaban J connectivity index is 2.13. The van der Waals surface area contributed by atoms with Crippen LogP contribution in [0.15, 0.2) is 36.4 Å². The number of rotatable bonds is 2. The van der Waals surface area contributed by atoms with Crippen molar-refractivity contribution in [3.8, 4) is 11.5 Å². The maximum Gasteiger partial charge on any atom is 0.308 e. The first kappa shape index (κ1) is 17.5. The molecule has 0 radical (unpaired) electrons. The van der Waals surface area contributed by atoms with Gasteiger partial charge in [0.2, 0.25) is 0 Å². The zero-order valence-corrected chi connectivity index (χ0v) is 15.9. The van der Waals surface area contributed by atoms with Gasteiger partial charge in [-0.15, -0.1) is 0 Å². The van der Waals surface area contributed by atoms with Gasteiger partial charge in [0.15, 0.2) is 0 Å². The van der Waals surface area contributed by atoms with Crippen LogP contribution in [0.1, 0.15) is 56.4 Å². The second kappa shape index (κ2) is 5.91. The van der Waals surface area contributed by atoms with Gasteiger partial charge < -0.3 is 9.47 Å². The van der Waals surface area contributed by atoms with Crippen LogP contribution in [-0.2, 0) is 15.8 Å². The number of benzene rings is 2. The van der Waals surface area contributed by atoms with Gasteiger partial charge in [0.05, 0.1) is 0 Å². The van der Waals surface area contributed by atoms with E-state index in [0.29, 0.717) is 5.75 Å². The van der Waals surface area contributed by atoms with Gasteiger partial charge in [0.25, 0.3) is 0 Å². The van der Waals surface area contributed by atoms with E-state index in [9.17, 15) is 4.79 Å². The molecule has 0 aromatic heterocycles. The minimum absolute atomic E-state index is 0.0472. The summed E-state index contributed by atoms with van der Waals surface area (Å²) in [6.07, 6.45) is 0.799. The van der Waals surface area contributed by atoms with Crippen LogP contribution in [0.2, 0.25) is 0 Å². The Kier molecular flexibility index (Phi) is 4.14. The summed E-state index contributed by atoms with van der Waals surface area (Å²) >= 11 is 0. The van der Waals surface area contributed by atoms with Crippen molar-refractivity contribution in [1.82, 2.24) is 0 Å². The van der Waals surface area contributed by atoms with Gasteiger partial charge in [-0.3, -0.25) is 4.79 Å². The van der Waals surface area contributed by atoms with E-state index >= 15 is 0 Å². The third kappa shape index (κ3) is 3.28. The molecule has 25 heavy (non-hydrogen) atoms. The van der Waals surface area contributed by atoms with Crippen LogP contribution in [0.5, 0.6) is 11.5 Å². The van der Waals surface area contributed by atoms with Crippen molar-refractivity contribution in [1.29, 1.82) is 0 Å². The summed E-state index contributed by atoms with van der Waals surface area (Å²) in [6.45, 7) is 12.0. The molecule has 132 valence electrons. The van der Waals surface area contributed by atoms with Crippen LogP contribution in [0, 0.1) is 13.8 Å². The summed E-state index contributed by atoms with van der Waals surface area (Å²) in [5.74, 6) is 1.18. The normalized spacial score (nSPS) is 21.2.